The molecule has 0 aliphatic rings. The molecule has 0 radical (unpaired) electrons. The van der Waals surface area contributed by atoms with Gasteiger partial charge < -0.3 is 0 Å². The fourth-order valence-corrected chi connectivity index (χ4v) is 4.06. The number of aromatic nitrogens is 2. The summed E-state index contributed by atoms with van der Waals surface area (Å²) in [5, 5.41) is 0. The third-order valence-electron chi connectivity index (χ3n) is 3.82. The first kappa shape index (κ1) is 19.0. The van der Waals surface area contributed by atoms with Crippen molar-refractivity contribution < 1.29 is 16.8 Å². The minimum absolute atomic E-state index is 0.114. The van der Waals surface area contributed by atoms with Crippen molar-refractivity contribution in [2.45, 2.75) is 16.7 Å². The SMILES string of the molecule is Cc1ncc(-c2ccc(S(C)(=O)=O)cc2)nc1NS(=O)(=O)c1ccccc1. The fraction of sp³-hybridized carbons (Fsp3) is 0.111. The molecule has 0 aliphatic heterocycles. The highest BCUT2D eigenvalue weighted by atomic mass is 32.2. The van der Waals surface area contributed by atoms with E-state index in [0.29, 0.717) is 17.0 Å². The molecule has 1 heterocycles. The topological polar surface area (TPSA) is 106 Å². The summed E-state index contributed by atoms with van der Waals surface area (Å²) in [6.07, 6.45) is 2.63. The average molecular weight is 403 g/mol. The number of sulfonamides is 1. The average Bonchev–Trinajstić information content (AvgIpc) is 2.63. The first-order valence-corrected chi connectivity index (χ1v) is 11.3. The molecule has 7 nitrogen and oxygen atoms in total. The zero-order valence-corrected chi connectivity index (χ0v) is 16.3. The molecule has 3 rings (SSSR count). The van der Waals surface area contributed by atoms with Crippen LogP contribution in [0.15, 0.2) is 70.6 Å². The minimum Gasteiger partial charge on any atom is -0.262 e. The van der Waals surface area contributed by atoms with Crippen LogP contribution in [0, 0.1) is 6.92 Å². The van der Waals surface area contributed by atoms with E-state index in [1.165, 1.54) is 30.5 Å². The van der Waals surface area contributed by atoms with Gasteiger partial charge in [-0.05, 0) is 31.2 Å². The summed E-state index contributed by atoms with van der Waals surface area (Å²) in [4.78, 5) is 8.85. The number of anilines is 1. The van der Waals surface area contributed by atoms with Crippen LogP contribution in [0.4, 0.5) is 5.82 Å². The van der Waals surface area contributed by atoms with Gasteiger partial charge in [-0.1, -0.05) is 30.3 Å². The van der Waals surface area contributed by atoms with E-state index in [2.05, 4.69) is 14.7 Å². The maximum Gasteiger partial charge on any atom is 0.263 e. The molecule has 0 spiro atoms. The molecule has 0 atom stereocenters. The summed E-state index contributed by atoms with van der Waals surface area (Å²) in [6.45, 7) is 1.65. The van der Waals surface area contributed by atoms with Crippen molar-refractivity contribution in [1.29, 1.82) is 0 Å². The summed E-state index contributed by atoms with van der Waals surface area (Å²) in [5.41, 5.74) is 1.47. The quantitative estimate of drug-likeness (QED) is 0.702. The Balaban J connectivity index is 1.95. The Labute approximate surface area is 158 Å². The standard InChI is InChI=1S/C18H17N3O4S2/c1-13-18(21-27(24,25)16-6-4-3-5-7-16)20-17(12-19-13)14-8-10-15(11-9-14)26(2,22)23/h3-12H,1-2H3,(H,20,21). The Hall–Kier alpha value is -2.78. The van der Waals surface area contributed by atoms with Gasteiger partial charge in [0.05, 0.1) is 27.4 Å². The number of hydrogen-bond donors (Lipinski definition) is 1. The lowest BCUT2D eigenvalue weighted by Crippen LogP contribution is -2.15. The molecule has 2 aromatic carbocycles. The van der Waals surface area contributed by atoms with Crippen LogP contribution in [0.25, 0.3) is 11.3 Å². The second-order valence-corrected chi connectivity index (χ2v) is 9.60. The Morgan fingerprint density at radius 1 is 0.852 bits per heavy atom. The zero-order valence-electron chi connectivity index (χ0n) is 14.6. The molecule has 0 unspecified atom stereocenters. The summed E-state index contributed by atoms with van der Waals surface area (Å²) >= 11 is 0. The molecule has 3 aromatic rings. The lowest BCUT2D eigenvalue weighted by Gasteiger charge is -2.11. The number of sulfone groups is 1. The van der Waals surface area contributed by atoms with E-state index >= 15 is 0 Å². The smallest absolute Gasteiger partial charge is 0.262 e. The molecule has 27 heavy (non-hydrogen) atoms. The van der Waals surface area contributed by atoms with Crippen LogP contribution in [0.5, 0.6) is 0 Å². The number of rotatable bonds is 5. The minimum atomic E-state index is -3.79. The van der Waals surface area contributed by atoms with E-state index in [-0.39, 0.29) is 15.6 Å². The predicted molar refractivity (Wildman–Crippen MR) is 103 cm³/mol. The molecule has 1 aromatic heterocycles. The lowest BCUT2D eigenvalue weighted by atomic mass is 10.1. The summed E-state index contributed by atoms with van der Waals surface area (Å²) < 4.78 is 50.6. The molecule has 0 fully saturated rings. The maximum absolute atomic E-state index is 12.5. The van der Waals surface area contributed by atoms with Gasteiger partial charge in [0.1, 0.15) is 0 Å². The number of hydrogen-bond acceptors (Lipinski definition) is 6. The van der Waals surface area contributed by atoms with Gasteiger partial charge >= 0.3 is 0 Å². The Morgan fingerprint density at radius 2 is 1.48 bits per heavy atom. The third kappa shape index (κ3) is 4.32. The van der Waals surface area contributed by atoms with Crippen molar-refractivity contribution in [1.82, 2.24) is 9.97 Å². The van der Waals surface area contributed by atoms with E-state index < -0.39 is 19.9 Å². The van der Waals surface area contributed by atoms with Crippen molar-refractivity contribution in [3.8, 4) is 11.3 Å². The summed E-state index contributed by atoms with van der Waals surface area (Å²) in [5.74, 6) is 0.114. The van der Waals surface area contributed by atoms with Crippen molar-refractivity contribution in [3.63, 3.8) is 0 Å². The molecular formula is C18H17N3O4S2. The zero-order chi connectivity index (χ0) is 19.7. The maximum atomic E-state index is 12.5. The van der Waals surface area contributed by atoms with Crippen molar-refractivity contribution in [3.05, 3.63) is 66.5 Å². The van der Waals surface area contributed by atoms with Gasteiger partial charge in [0.2, 0.25) is 0 Å². The molecule has 0 saturated heterocycles. The van der Waals surface area contributed by atoms with Crippen molar-refractivity contribution >= 4 is 25.7 Å². The van der Waals surface area contributed by atoms with Gasteiger partial charge in [-0.2, -0.15) is 0 Å². The van der Waals surface area contributed by atoms with Crippen LogP contribution in [0.2, 0.25) is 0 Å². The van der Waals surface area contributed by atoms with Gasteiger partial charge in [-0.15, -0.1) is 0 Å². The number of nitrogens with zero attached hydrogens (tertiary/aromatic N) is 2. The van der Waals surface area contributed by atoms with E-state index in [0.717, 1.165) is 6.26 Å². The third-order valence-corrected chi connectivity index (χ3v) is 6.30. The second kappa shape index (κ2) is 7.09. The fourth-order valence-electron chi connectivity index (χ4n) is 2.34. The largest absolute Gasteiger partial charge is 0.263 e. The first-order chi connectivity index (χ1) is 12.7. The first-order valence-electron chi connectivity index (χ1n) is 7.89. The highest BCUT2D eigenvalue weighted by Gasteiger charge is 2.17. The Bertz CT molecular complexity index is 1180. The van der Waals surface area contributed by atoms with Crippen molar-refractivity contribution in [2.75, 3.05) is 11.0 Å². The van der Waals surface area contributed by atoms with E-state index in [1.54, 1.807) is 37.3 Å². The van der Waals surface area contributed by atoms with E-state index in [9.17, 15) is 16.8 Å². The van der Waals surface area contributed by atoms with Crippen LogP contribution in [0.3, 0.4) is 0 Å². The van der Waals surface area contributed by atoms with Crippen LogP contribution >= 0.6 is 0 Å². The monoisotopic (exact) mass is 403 g/mol. The van der Waals surface area contributed by atoms with Gasteiger partial charge in [-0.3, -0.25) is 9.71 Å². The van der Waals surface area contributed by atoms with Crippen LogP contribution in [-0.4, -0.2) is 33.1 Å². The predicted octanol–water partition coefficient (Wildman–Crippen LogP) is 2.66. The Kier molecular flexibility index (Phi) is 4.99. The van der Waals surface area contributed by atoms with Gasteiger partial charge in [-0.25, -0.2) is 21.8 Å². The highest BCUT2D eigenvalue weighted by Crippen LogP contribution is 2.23. The van der Waals surface area contributed by atoms with Gasteiger partial charge in [0, 0.05) is 11.8 Å². The molecule has 0 bridgehead atoms. The van der Waals surface area contributed by atoms with Crippen LogP contribution in [-0.2, 0) is 19.9 Å². The van der Waals surface area contributed by atoms with Crippen LogP contribution in [0.1, 0.15) is 5.69 Å². The van der Waals surface area contributed by atoms with Crippen molar-refractivity contribution in [2.24, 2.45) is 0 Å². The molecule has 9 heteroatoms. The summed E-state index contributed by atoms with van der Waals surface area (Å²) in [7, 11) is -7.09. The molecular weight excluding hydrogens is 386 g/mol. The molecule has 0 aliphatic carbocycles. The summed E-state index contributed by atoms with van der Waals surface area (Å²) in [6, 6.07) is 14.1. The van der Waals surface area contributed by atoms with Gasteiger partial charge in [0.15, 0.2) is 15.7 Å². The van der Waals surface area contributed by atoms with Crippen LogP contribution < -0.4 is 4.72 Å². The molecule has 140 valence electrons. The Morgan fingerprint density at radius 3 is 2.07 bits per heavy atom. The van der Waals surface area contributed by atoms with E-state index in [1.807, 2.05) is 0 Å². The molecule has 0 saturated carbocycles. The second-order valence-electron chi connectivity index (χ2n) is 5.90. The number of benzene rings is 2. The number of nitrogens with one attached hydrogen (secondary N) is 1. The molecule has 1 N–H and O–H groups in total. The van der Waals surface area contributed by atoms with E-state index in [4.69, 9.17) is 0 Å². The molecule has 0 amide bonds. The van der Waals surface area contributed by atoms with Gasteiger partial charge in [0.25, 0.3) is 10.0 Å². The lowest BCUT2D eigenvalue weighted by molar-refractivity contribution is 0.599. The highest BCUT2D eigenvalue weighted by molar-refractivity contribution is 7.92. The number of aryl methyl sites for hydroxylation is 1. The normalized spacial score (nSPS) is 11.9.